The molecule has 4 nitrogen and oxygen atoms in total. The number of carboxylic acids is 1. The SMILES string of the molecule is O=C(O)CCC/C=C\C[C@H]1[C@H](COCc2cc(C(F)(F)F)cc(C(F)(F)F)c2)[C@@H]2C[C@@]1(c1ccc(F)cc1)CO2. The number of unbranched alkanes of at least 4 members (excludes halogenated alkanes) is 1. The smallest absolute Gasteiger partial charge is 0.416 e. The molecular formula is C29H29F7O4. The number of ether oxygens (including phenoxy) is 2. The highest BCUT2D eigenvalue weighted by molar-refractivity contribution is 5.66. The molecule has 0 aromatic heterocycles. The minimum atomic E-state index is -4.95. The van der Waals surface area contributed by atoms with E-state index in [4.69, 9.17) is 14.6 Å². The minimum Gasteiger partial charge on any atom is -0.481 e. The number of carbonyl (C=O) groups is 1. The highest BCUT2D eigenvalue weighted by atomic mass is 19.4. The van der Waals surface area contributed by atoms with Crippen LogP contribution < -0.4 is 0 Å². The maximum Gasteiger partial charge on any atom is 0.416 e. The molecule has 0 amide bonds. The van der Waals surface area contributed by atoms with Gasteiger partial charge in [-0.15, -0.1) is 0 Å². The summed E-state index contributed by atoms with van der Waals surface area (Å²) in [4.78, 5) is 10.7. The number of hydrogen-bond donors (Lipinski definition) is 1. The second kappa shape index (κ2) is 11.9. The topological polar surface area (TPSA) is 55.8 Å². The summed E-state index contributed by atoms with van der Waals surface area (Å²) in [5, 5.41) is 8.81. The van der Waals surface area contributed by atoms with Crippen molar-refractivity contribution in [2.24, 2.45) is 11.8 Å². The highest BCUT2D eigenvalue weighted by Gasteiger charge is 2.59. The highest BCUT2D eigenvalue weighted by Crippen LogP contribution is 2.56. The third-order valence-corrected chi connectivity index (χ3v) is 7.79. The average Bonchev–Trinajstić information content (AvgIpc) is 3.43. The molecular weight excluding hydrogens is 545 g/mol. The van der Waals surface area contributed by atoms with E-state index in [0.29, 0.717) is 44.4 Å². The predicted octanol–water partition coefficient (Wildman–Crippen LogP) is 7.55. The maximum atomic E-state index is 13.7. The Morgan fingerprint density at radius 3 is 2.27 bits per heavy atom. The Hall–Kier alpha value is -2.92. The van der Waals surface area contributed by atoms with Crippen LogP contribution in [-0.4, -0.2) is 30.4 Å². The summed E-state index contributed by atoms with van der Waals surface area (Å²) < 4.78 is 105. The molecule has 4 rings (SSSR count). The molecule has 40 heavy (non-hydrogen) atoms. The van der Waals surface area contributed by atoms with Gasteiger partial charge in [-0.2, -0.15) is 26.3 Å². The van der Waals surface area contributed by atoms with E-state index in [0.717, 1.165) is 5.56 Å². The number of rotatable bonds is 11. The van der Waals surface area contributed by atoms with Crippen LogP contribution in [0.2, 0.25) is 0 Å². The molecule has 4 atom stereocenters. The zero-order valence-electron chi connectivity index (χ0n) is 21.4. The Labute approximate surface area is 226 Å². The van der Waals surface area contributed by atoms with Crippen LogP contribution in [0.4, 0.5) is 30.7 Å². The molecule has 1 aliphatic heterocycles. The van der Waals surface area contributed by atoms with Crippen molar-refractivity contribution in [3.05, 3.63) is 82.7 Å². The minimum absolute atomic E-state index is 0.0444. The predicted molar refractivity (Wildman–Crippen MR) is 131 cm³/mol. The number of allylic oxidation sites excluding steroid dienone is 2. The Kier molecular flexibility index (Phi) is 8.94. The molecule has 1 saturated heterocycles. The van der Waals surface area contributed by atoms with Crippen molar-refractivity contribution in [2.45, 2.75) is 62.6 Å². The fraction of sp³-hybridized carbons (Fsp3) is 0.483. The molecule has 2 aromatic carbocycles. The molecule has 1 heterocycles. The van der Waals surface area contributed by atoms with Crippen LogP contribution in [0.3, 0.4) is 0 Å². The fourth-order valence-electron chi connectivity index (χ4n) is 5.90. The monoisotopic (exact) mass is 574 g/mol. The Bertz CT molecular complexity index is 1170. The third-order valence-electron chi connectivity index (χ3n) is 7.79. The summed E-state index contributed by atoms with van der Waals surface area (Å²) >= 11 is 0. The van der Waals surface area contributed by atoms with E-state index < -0.39 is 41.5 Å². The largest absolute Gasteiger partial charge is 0.481 e. The van der Waals surface area contributed by atoms with Crippen LogP contribution >= 0.6 is 0 Å². The standard InChI is InChI=1S/C29H29F7O4/c30-22-9-7-19(8-10-22)27-14-25(40-17-27)23(24(27)5-3-1-2-4-6-26(37)38)16-39-15-18-11-20(28(31,32)33)13-21(12-18)29(34,35)36/h1,3,7-13,23-25H,2,4-6,14-17H2,(H,37,38)/b3-1-/t23-,24-,25-,27-/m0/s1. The molecule has 0 spiro atoms. The number of hydrogen-bond acceptors (Lipinski definition) is 3. The van der Waals surface area contributed by atoms with Crippen molar-refractivity contribution in [3.63, 3.8) is 0 Å². The van der Waals surface area contributed by atoms with Gasteiger partial charge < -0.3 is 14.6 Å². The lowest BCUT2D eigenvalue weighted by atomic mass is 9.69. The number of carboxylic acid groups (broad SMARTS) is 1. The van der Waals surface area contributed by atoms with E-state index >= 15 is 0 Å². The first-order valence-electron chi connectivity index (χ1n) is 12.9. The first-order valence-corrected chi connectivity index (χ1v) is 12.9. The molecule has 0 unspecified atom stereocenters. The van der Waals surface area contributed by atoms with Crippen molar-refractivity contribution < 1.29 is 50.1 Å². The zero-order chi connectivity index (χ0) is 29.1. The molecule has 0 radical (unpaired) electrons. The van der Waals surface area contributed by atoms with Gasteiger partial charge in [-0.3, -0.25) is 4.79 Å². The fourth-order valence-corrected chi connectivity index (χ4v) is 5.90. The number of halogens is 7. The Balaban J connectivity index is 1.51. The normalized spacial score (nSPS) is 24.7. The van der Waals surface area contributed by atoms with E-state index in [9.17, 15) is 35.5 Å². The first-order chi connectivity index (χ1) is 18.8. The molecule has 2 fully saturated rings. The second-order valence-corrected chi connectivity index (χ2v) is 10.4. The summed E-state index contributed by atoms with van der Waals surface area (Å²) in [5.41, 5.74) is -2.61. The molecule has 11 heteroatoms. The average molecular weight is 575 g/mol. The van der Waals surface area contributed by atoms with Gasteiger partial charge in [0.15, 0.2) is 0 Å². The number of benzene rings is 2. The Morgan fingerprint density at radius 1 is 1.02 bits per heavy atom. The zero-order valence-corrected chi connectivity index (χ0v) is 21.4. The van der Waals surface area contributed by atoms with Gasteiger partial charge in [0, 0.05) is 17.8 Å². The molecule has 218 valence electrons. The molecule has 2 aromatic rings. The van der Waals surface area contributed by atoms with Gasteiger partial charge in [-0.25, -0.2) is 4.39 Å². The van der Waals surface area contributed by atoms with E-state index in [2.05, 4.69) is 0 Å². The van der Waals surface area contributed by atoms with E-state index in [1.54, 1.807) is 12.1 Å². The summed E-state index contributed by atoms with van der Waals surface area (Å²) in [7, 11) is 0. The van der Waals surface area contributed by atoms with Crippen LogP contribution in [0.5, 0.6) is 0 Å². The summed E-state index contributed by atoms with van der Waals surface area (Å²) in [6.45, 7) is -0.0138. The summed E-state index contributed by atoms with van der Waals surface area (Å²) in [5.74, 6) is -1.54. The van der Waals surface area contributed by atoms with Crippen LogP contribution in [0.25, 0.3) is 0 Å². The van der Waals surface area contributed by atoms with E-state index in [1.165, 1.54) is 12.1 Å². The van der Waals surface area contributed by atoms with E-state index in [-0.39, 0.29) is 48.4 Å². The molecule has 1 saturated carbocycles. The van der Waals surface area contributed by atoms with Crippen LogP contribution in [0.15, 0.2) is 54.6 Å². The molecule has 1 aliphatic carbocycles. The van der Waals surface area contributed by atoms with Crippen molar-refractivity contribution in [1.29, 1.82) is 0 Å². The number of alkyl halides is 6. The van der Waals surface area contributed by atoms with Gasteiger partial charge in [0.25, 0.3) is 0 Å². The molecule has 2 aliphatic rings. The van der Waals surface area contributed by atoms with Gasteiger partial charge in [-0.1, -0.05) is 24.3 Å². The second-order valence-electron chi connectivity index (χ2n) is 10.4. The van der Waals surface area contributed by atoms with Crippen LogP contribution in [0.1, 0.15) is 54.4 Å². The van der Waals surface area contributed by atoms with Crippen LogP contribution in [0, 0.1) is 17.7 Å². The lowest BCUT2D eigenvalue weighted by molar-refractivity contribution is -0.143. The first kappa shape index (κ1) is 30.0. The van der Waals surface area contributed by atoms with Gasteiger partial charge in [0.05, 0.1) is 37.1 Å². The van der Waals surface area contributed by atoms with Gasteiger partial charge >= 0.3 is 18.3 Å². The summed E-state index contributed by atoms with van der Waals surface area (Å²) in [6.07, 6.45) is -4.01. The quantitative estimate of drug-likeness (QED) is 0.171. The van der Waals surface area contributed by atoms with Crippen LogP contribution in [-0.2, 0) is 38.6 Å². The van der Waals surface area contributed by atoms with Crippen molar-refractivity contribution in [2.75, 3.05) is 13.2 Å². The van der Waals surface area contributed by atoms with E-state index in [1.807, 2.05) is 12.2 Å². The number of aliphatic carboxylic acids is 1. The number of fused-ring (bicyclic) bond motifs is 2. The van der Waals surface area contributed by atoms with Crippen molar-refractivity contribution in [1.82, 2.24) is 0 Å². The lowest BCUT2D eigenvalue weighted by Gasteiger charge is -2.39. The lowest BCUT2D eigenvalue weighted by Crippen LogP contribution is -2.41. The van der Waals surface area contributed by atoms with Crippen molar-refractivity contribution >= 4 is 5.97 Å². The summed E-state index contributed by atoms with van der Waals surface area (Å²) in [6, 6.07) is 7.54. The third kappa shape index (κ3) is 6.86. The van der Waals surface area contributed by atoms with Gasteiger partial charge in [0.2, 0.25) is 0 Å². The molecule has 2 bridgehead atoms. The molecule has 1 N–H and O–H groups in total. The van der Waals surface area contributed by atoms with Gasteiger partial charge in [-0.05, 0) is 73.1 Å². The maximum absolute atomic E-state index is 13.7. The van der Waals surface area contributed by atoms with Crippen molar-refractivity contribution in [3.8, 4) is 0 Å². The Morgan fingerprint density at radius 2 is 1.68 bits per heavy atom. The van der Waals surface area contributed by atoms with Gasteiger partial charge in [0.1, 0.15) is 5.82 Å².